The van der Waals surface area contributed by atoms with Gasteiger partial charge in [0.1, 0.15) is 50.0 Å². The van der Waals surface area contributed by atoms with Crippen LogP contribution >= 0.6 is 45.6 Å². The van der Waals surface area contributed by atoms with E-state index in [2.05, 4.69) is 78.6 Å². The highest BCUT2D eigenvalue weighted by molar-refractivity contribution is 7.19. The maximum atomic E-state index is 13.0. The number of carbonyl (C=O) groups is 2. The average molecular weight is 1360 g/mol. The number of para-hydroxylation sites is 2. The molecule has 3 unspecified atom stereocenters. The highest BCUT2D eigenvalue weighted by atomic mass is 35.5. The van der Waals surface area contributed by atoms with Gasteiger partial charge in [0.15, 0.2) is 0 Å². The largest absolute Gasteiger partial charge is 0.497 e. The van der Waals surface area contributed by atoms with Crippen LogP contribution in [0.5, 0.6) is 29.3 Å². The molecule has 6 aromatic heterocycles. The van der Waals surface area contributed by atoms with Crippen LogP contribution in [0.4, 0.5) is 24.8 Å². The lowest BCUT2D eigenvalue weighted by Crippen LogP contribution is -2.48. The number of benzene rings is 6. The number of hydrogen-bond acceptors (Lipinski definition) is 22. The van der Waals surface area contributed by atoms with Gasteiger partial charge in [-0.1, -0.05) is 35.9 Å². The molecule has 6 aromatic carbocycles. The molecule has 96 heavy (non-hydrogen) atoms. The van der Waals surface area contributed by atoms with Crippen LogP contribution in [0, 0.1) is 34.0 Å². The Balaban J connectivity index is 0.000000147. The molecule has 28 heteroatoms. The molecule has 1 aliphatic rings. The molecule has 1 aliphatic heterocycles. The minimum atomic E-state index is -4.47. The molecular formula is C68H52ClF3N16O5S3. The molecule has 0 bridgehead atoms. The van der Waals surface area contributed by atoms with E-state index < -0.39 is 29.5 Å². The number of ether oxygens (including phenoxy) is 3. The Labute approximate surface area is 563 Å². The smallest absolute Gasteiger partial charge is 0.416 e. The molecule has 0 saturated carbocycles. The summed E-state index contributed by atoms with van der Waals surface area (Å²) in [7, 11) is 1.55. The molecule has 1 saturated heterocycles. The summed E-state index contributed by atoms with van der Waals surface area (Å²) in [5.41, 5.74) is 4.19. The molecule has 3 atom stereocenters. The van der Waals surface area contributed by atoms with E-state index in [9.17, 15) is 38.5 Å². The Morgan fingerprint density at radius 3 is 1.55 bits per heavy atom. The summed E-state index contributed by atoms with van der Waals surface area (Å²) in [5.74, 6) is 0.0109. The van der Waals surface area contributed by atoms with Crippen molar-refractivity contribution in [2.45, 2.75) is 30.9 Å². The number of nitrogens with one attached hydrogen (secondary N) is 2. The van der Waals surface area contributed by atoms with Crippen LogP contribution in [0.2, 0.25) is 5.02 Å². The van der Waals surface area contributed by atoms with Crippen molar-refractivity contribution in [2.75, 3.05) is 56.6 Å². The highest BCUT2D eigenvalue weighted by Gasteiger charge is 2.32. The van der Waals surface area contributed by atoms with Crippen LogP contribution in [-0.2, 0) is 11.0 Å². The quantitative estimate of drug-likeness (QED) is 0.0801. The van der Waals surface area contributed by atoms with Crippen molar-refractivity contribution in [3.8, 4) is 47.5 Å². The van der Waals surface area contributed by atoms with E-state index in [0.29, 0.717) is 83.7 Å². The number of alkyl halides is 3. The number of carbonyl (C=O) groups excluding carboxylic acids is 2. The van der Waals surface area contributed by atoms with E-state index in [1.54, 1.807) is 93.2 Å². The number of anilines is 2. The fraction of sp³-hybridized carbons (Fsp3) is 0.176. The van der Waals surface area contributed by atoms with Crippen molar-refractivity contribution >= 4 is 99.7 Å². The Morgan fingerprint density at radius 1 is 0.573 bits per heavy atom. The van der Waals surface area contributed by atoms with Gasteiger partial charge in [0, 0.05) is 81.1 Å². The molecule has 2 N–H and O–H groups in total. The van der Waals surface area contributed by atoms with E-state index in [-0.39, 0.29) is 29.4 Å². The van der Waals surface area contributed by atoms with Crippen LogP contribution in [0.25, 0.3) is 30.6 Å². The van der Waals surface area contributed by atoms with Crippen LogP contribution in [-0.4, -0.2) is 108 Å². The fourth-order valence-electron chi connectivity index (χ4n) is 9.67. The van der Waals surface area contributed by atoms with Gasteiger partial charge in [0.25, 0.3) is 5.91 Å². The second-order valence-corrected chi connectivity index (χ2v) is 24.5. The van der Waals surface area contributed by atoms with Crippen LogP contribution < -0.4 is 29.7 Å². The highest BCUT2D eigenvalue weighted by Crippen LogP contribution is 2.37. The normalized spacial score (nSPS) is 12.9. The van der Waals surface area contributed by atoms with Crippen molar-refractivity contribution in [1.82, 2.24) is 55.1 Å². The lowest BCUT2D eigenvalue weighted by Gasteiger charge is -2.35. The topological polar surface area (TPSA) is 280 Å². The van der Waals surface area contributed by atoms with Gasteiger partial charge in [-0.3, -0.25) is 9.59 Å². The summed E-state index contributed by atoms with van der Waals surface area (Å²) in [5, 5.41) is 37.5. The maximum absolute atomic E-state index is 13.0. The summed E-state index contributed by atoms with van der Waals surface area (Å²) in [6.45, 7) is 5.47. The second kappa shape index (κ2) is 30.6. The predicted molar refractivity (Wildman–Crippen MR) is 359 cm³/mol. The zero-order chi connectivity index (χ0) is 67.1. The standard InChI is InChI=1S/C25H22N6O2S.C22H17ClN6OS.C21H13F3N4O2S/c1-17(32)30-12-14-31(15-13-30)18-6-8-19(9-7-18)33-25-27-11-10-21(29-25)20(16-26)24-28-22-4-2-3-5-23(22)34-24;23-15-7-5-14(6-8-15)20(30)25-11-12-27-22-26-10-9-17(29-22)16(13-24)21-28-18-3-1-2-4-19(18)31-21;1-29-13-3-5-14(6-4-13)30-20-26-9-8-16(28-20)15(11-25)19-27-17-10-12(21(22,23)24)2-7-18(17)31-19/h2-11,20H,12-15H2,1H3;1-10,16H,11-12H2,(H,25,30)(H,26,27,29);2-10,15H,1H3. The minimum absolute atomic E-state index is 0.0309. The fourth-order valence-corrected chi connectivity index (χ4v) is 12.9. The van der Waals surface area contributed by atoms with Gasteiger partial charge in [-0.05, 0) is 133 Å². The number of rotatable bonds is 17. The van der Waals surface area contributed by atoms with Gasteiger partial charge in [0.2, 0.25) is 11.9 Å². The Morgan fingerprint density at radius 2 is 1.05 bits per heavy atom. The van der Waals surface area contributed by atoms with Crippen molar-refractivity contribution in [1.29, 1.82) is 15.8 Å². The van der Waals surface area contributed by atoms with E-state index in [4.69, 9.17) is 25.8 Å². The number of amides is 2. The molecule has 0 spiro atoms. The van der Waals surface area contributed by atoms with Gasteiger partial charge in [-0.25, -0.2) is 34.9 Å². The molecule has 7 heterocycles. The molecule has 21 nitrogen and oxygen atoms in total. The molecule has 2 amide bonds. The third-order valence-electron chi connectivity index (χ3n) is 14.6. The van der Waals surface area contributed by atoms with Crippen molar-refractivity contribution in [3.05, 3.63) is 225 Å². The van der Waals surface area contributed by atoms with E-state index >= 15 is 0 Å². The summed E-state index contributed by atoms with van der Waals surface area (Å²) in [6, 6.07) is 52.0. The summed E-state index contributed by atoms with van der Waals surface area (Å²) in [4.78, 5) is 66.9. The summed E-state index contributed by atoms with van der Waals surface area (Å²) >= 11 is 9.95. The van der Waals surface area contributed by atoms with Crippen LogP contribution in [0.3, 0.4) is 0 Å². The van der Waals surface area contributed by atoms with Crippen LogP contribution in [0.1, 0.15) is 72.7 Å². The van der Waals surface area contributed by atoms with Crippen LogP contribution in [0.15, 0.2) is 176 Å². The first kappa shape index (κ1) is 66.2. The minimum Gasteiger partial charge on any atom is -0.497 e. The van der Waals surface area contributed by atoms with Crippen molar-refractivity contribution < 1.29 is 37.0 Å². The monoisotopic (exact) mass is 1360 g/mol. The molecule has 12 aromatic rings. The molecule has 0 radical (unpaired) electrons. The number of thiazole rings is 3. The van der Waals surface area contributed by atoms with E-state index in [1.165, 1.54) is 34.9 Å². The Bertz CT molecular complexity index is 4780. The predicted octanol–water partition coefficient (Wildman–Crippen LogP) is 14.0. The second-order valence-electron chi connectivity index (χ2n) is 20.8. The van der Waals surface area contributed by atoms with Crippen molar-refractivity contribution in [3.63, 3.8) is 0 Å². The lowest BCUT2D eigenvalue weighted by atomic mass is 10.1. The third kappa shape index (κ3) is 16.5. The lowest BCUT2D eigenvalue weighted by molar-refractivity contribution is -0.137. The van der Waals surface area contributed by atoms with E-state index in [1.807, 2.05) is 77.7 Å². The van der Waals surface area contributed by atoms with Gasteiger partial charge in [-0.2, -0.15) is 38.9 Å². The summed E-state index contributed by atoms with van der Waals surface area (Å²) < 4.78 is 58.1. The number of nitrogens with zero attached hydrogens (tertiary/aromatic N) is 14. The van der Waals surface area contributed by atoms with Gasteiger partial charge >= 0.3 is 18.2 Å². The number of methoxy groups -OCH3 is 1. The van der Waals surface area contributed by atoms with Gasteiger partial charge in [-0.15, -0.1) is 34.0 Å². The molecule has 0 aliphatic carbocycles. The number of piperazine rings is 1. The molecule has 13 rings (SSSR count). The molecular weight excluding hydrogens is 1310 g/mol. The first-order valence-electron chi connectivity index (χ1n) is 29.4. The third-order valence-corrected chi connectivity index (χ3v) is 18.1. The Kier molecular flexibility index (Phi) is 21.1. The van der Waals surface area contributed by atoms with E-state index in [0.717, 1.165) is 75.8 Å². The van der Waals surface area contributed by atoms with Gasteiger partial charge < -0.3 is 34.6 Å². The SMILES string of the molecule is CC(=O)N1CCN(c2ccc(Oc3nccc(C(C#N)c4nc5ccccc5s4)n3)cc2)CC1.COc1ccc(Oc2nccc(C(C#N)c3nc4cc(C(F)(F)F)ccc4s3)n2)cc1.N#CC(c1ccnc(NCCNC(=O)c2ccc(Cl)cc2)n1)c1nc2ccccc2s1. The Hall–Kier alpha value is -11.3. The van der Waals surface area contributed by atoms with Crippen molar-refractivity contribution in [2.24, 2.45) is 0 Å². The maximum Gasteiger partial charge on any atom is 0.416 e. The summed E-state index contributed by atoms with van der Waals surface area (Å²) in [6.07, 6.45) is 0.181. The molecule has 480 valence electrons. The zero-order valence-corrected chi connectivity index (χ0v) is 54.0. The van der Waals surface area contributed by atoms with Gasteiger partial charge in [0.05, 0.1) is 78.6 Å². The number of halogens is 4. The number of hydrogen-bond donors (Lipinski definition) is 2. The number of aromatic nitrogens is 9. The first-order chi connectivity index (χ1) is 46.6. The number of fused-ring (bicyclic) bond motifs is 3. The molecule has 1 fully saturated rings. The number of nitriles is 3. The zero-order valence-electron chi connectivity index (χ0n) is 50.8. The average Bonchev–Trinajstić information content (AvgIpc) is 1.67. The first-order valence-corrected chi connectivity index (χ1v) is 32.2.